The molecule has 4 rings (SSSR count). The first-order valence-electron chi connectivity index (χ1n) is 7.99. The predicted octanol–water partition coefficient (Wildman–Crippen LogP) is 4.52. The molecule has 1 aromatic heterocycles. The molecule has 0 bridgehead atoms. The number of aliphatic carboxylic acids is 1. The molecule has 0 radical (unpaired) electrons. The highest BCUT2D eigenvalue weighted by atomic mass is 35.5. The van der Waals surface area contributed by atoms with E-state index in [1.807, 2.05) is 0 Å². The zero-order valence-corrected chi connectivity index (χ0v) is 15.8. The second kappa shape index (κ2) is 6.39. The molecule has 0 spiro atoms. The fourth-order valence-electron chi connectivity index (χ4n) is 3.00. The van der Waals surface area contributed by atoms with Crippen molar-refractivity contribution in [1.82, 2.24) is 4.98 Å². The van der Waals surface area contributed by atoms with Gasteiger partial charge >= 0.3 is 5.97 Å². The summed E-state index contributed by atoms with van der Waals surface area (Å²) in [5, 5.41) is 9.56. The smallest absolute Gasteiger partial charge is 0.307 e. The van der Waals surface area contributed by atoms with Crippen LogP contribution in [-0.4, -0.2) is 27.6 Å². The third-order valence-corrected chi connectivity index (χ3v) is 5.51. The summed E-state index contributed by atoms with van der Waals surface area (Å²) in [5.74, 6) is -3.90. The van der Waals surface area contributed by atoms with Gasteiger partial charge in [-0.2, -0.15) is 0 Å². The van der Waals surface area contributed by atoms with Gasteiger partial charge in [0.25, 0.3) is 5.91 Å². The van der Waals surface area contributed by atoms with Crippen molar-refractivity contribution in [1.29, 1.82) is 0 Å². The predicted molar refractivity (Wildman–Crippen MR) is 99.4 cm³/mol. The van der Waals surface area contributed by atoms with Crippen LogP contribution < -0.4 is 9.64 Å². The quantitative estimate of drug-likeness (QED) is 0.668. The van der Waals surface area contributed by atoms with Crippen molar-refractivity contribution in [2.24, 2.45) is 0 Å². The monoisotopic (exact) mass is 424 g/mol. The summed E-state index contributed by atoms with van der Waals surface area (Å²) < 4.78 is 33.7. The van der Waals surface area contributed by atoms with Crippen LogP contribution in [0.15, 0.2) is 30.3 Å². The topological polar surface area (TPSA) is 79.7 Å². The van der Waals surface area contributed by atoms with Crippen LogP contribution in [0.3, 0.4) is 0 Å². The number of carboxylic acid groups (broad SMARTS) is 1. The van der Waals surface area contributed by atoms with E-state index in [-0.39, 0.29) is 22.1 Å². The Labute approximate surface area is 165 Å². The van der Waals surface area contributed by atoms with Crippen molar-refractivity contribution >= 4 is 55.8 Å². The molecule has 2 aromatic carbocycles. The van der Waals surface area contributed by atoms with Gasteiger partial charge in [0.05, 0.1) is 16.8 Å². The van der Waals surface area contributed by atoms with Crippen molar-refractivity contribution in [3.05, 3.63) is 47.0 Å². The van der Waals surface area contributed by atoms with E-state index in [4.69, 9.17) is 16.3 Å². The van der Waals surface area contributed by atoms with Gasteiger partial charge in [-0.15, -0.1) is 0 Å². The third kappa shape index (κ3) is 2.87. The lowest BCUT2D eigenvalue weighted by molar-refractivity contribution is -0.148. The number of aromatic nitrogens is 1. The van der Waals surface area contributed by atoms with Crippen LogP contribution >= 0.6 is 22.9 Å². The van der Waals surface area contributed by atoms with E-state index in [2.05, 4.69) is 4.98 Å². The molecule has 3 aromatic rings. The number of halogens is 3. The Morgan fingerprint density at radius 3 is 2.82 bits per heavy atom. The summed E-state index contributed by atoms with van der Waals surface area (Å²) in [5.41, 5.74) is -1.70. The minimum atomic E-state index is -1.71. The summed E-state index contributed by atoms with van der Waals surface area (Å²) >= 11 is 7.00. The number of carbonyl (C=O) groups is 2. The van der Waals surface area contributed by atoms with Crippen LogP contribution in [-0.2, 0) is 9.59 Å². The summed E-state index contributed by atoms with van der Waals surface area (Å²) in [6, 6.07) is 6.82. The van der Waals surface area contributed by atoms with Crippen molar-refractivity contribution in [3.63, 3.8) is 0 Å². The van der Waals surface area contributed by atoms with Gasteiger partial charge in [0.15, 0.2) is 22.4 Å². The summed E-state index contributed by atoms with van der Waals surface area (Å²) in [6.07, 6.45) is -0.599. The first-order chi connectivity index (χ1) is 13.2. The number of nitrogens with zero attached hydrogens (tertiary/aromatic N) is 2. The van der Waals surface area contributed by atoms with E-state index in [1.54, 1.807) is 0 Å². The van der Waals surface area contributed by atoms with Crippen LogP contribution in [0.1, 0.15) is 13.3 Å². The minimum Gasteiger partial charge on any atom is -0.481 e. The molecule has 1 atom stereocenters. The first-order valence-corrected chi connectivity index (χ1v) is 9.18. The maximum absolute atomic E-state index is 14.1. The number of hydrogen-bond acceptors (Lipinski definition) is 5. The average molecular weight is 425 g/mol. The van der Waals surface area contributed by atoms with Gasteiger partial charge < -0.3 is 9.84 Å². The number of carbonyl (C=O) groups excluding carboxylic acids is 1. The fourth-order valence-corrected chi connectivity index (χ4v) is 4.14. The molecule has 1 unspecified atom stereocenters. The molecule has 1 aliphatic rings. The molecule has 0 saturated carbocycles. The van der Waals surface area contributed by atoms with Gasteiger partial charge in [-0.1, -0.05) is 22.9 Å². The maximum Gasteiger partial charge on any atom is 0.307 e. The Bertz CT molecular complexity index is 1150. The Hall–Kier alpha value is -2.78. The summed E-state index contributed by atoms with van der Waals surface area (Å²) in [4.78, 5) is 29.7. The Balaban J connectivity index is 1.93. The largest absolute Gasteiger partial charge is 0.481 e. The number of fused-ring (bicyclic) bond motifs is 2. The Kier molecular flexibility index (Phi) is 4.24. The number of anilines is 2. The van der Waals surface area contributed by atoms with Gasteiger partial charge in [-0.3, -0.25) is 9.59 Å². The van der Waals surface area contributed by atoms with Crippen LogP contribution in [0.25, 0.3) is 10.2 Å². The van der Waals surface area contributed by atoms with Gasteiger partial charge in [-0.05, 0) is 37.3 Å². The van der Waals surface area contributed by atoms with E-state index in [9.17, 15) is 23.5 Å². The molecular formula is C18H11ClF2N2O4S. The summed E-state index contributed by atoms with van der Waals surface area (Å²) in [6.45, 7) is 1.35. The molecule has 1 amide bonds. The highest BCUT2D eigenvalue weighted by Gasteiger charge is 2.48. The lowest BCUT2D eigenvalue weighted by Crippen LogP contribution is -2.53. The molecule has 0 saturated heterocycles. The van der Waals surface area contributed by atoms with Crippen molar-refractivity contribution in [2.45, 2.75) is 18.9 Å². The summed E-state index contributed by atoms with van der Waals surface area (Å²) in [7, 11) is 0. The number of hydrogen-bond donors (Lipinski definition) is 1. The second-order valence-corrected chi connectivity index (χ2v) is 7.81. The molecule has 28 heavy (non-hydrogen) atoms. The van der Waals surface area contributed by atoms with Crippen molar-refractivity contribution < 1.29 is 28.2 Å². The van der Waals surface area contributed by atoms with Gasteiger partial charge in [0.2, 0.25) is 0 Å². The number of rotatable bonds is 3. The number of ether oxygens (including phenoxy) is 1. The van der Waals surface area contributed by atoms with Crippen LogP contribution in [0.4, 0.5) is 19.6 Å². The lowest BCUT2D eigenvalue weighted by Gasteiger charge is -2.38. The van der Waals surface area contributed by atoms with E-state index in [0.717, 1.165) is 22.3 Å². The number of carboxylic acids is 1. The van der Waals surface area contributed by atoms with E-state index < -0.39 is 35.5 Å². The highest BCUT2D eigenvalue weighted by Crippen LogP contribution is 2.46. The molecule has 6 nitrogen and oxygen atoms in total. The molecular weight excluding hydrogens is 414 g/mol. The van der Waals surface area contributed by atoms with Crippen molar-refractivity contribution in [2.75, 3.05) is 4.90 Å². The average Bonchev–Trinajstić information content (AvgIpc) is 3.04. The SMILES string of the molecule is CC1(CC(=O)O)Oc2ccc(Cl)cc2N(c2nc3c(F)c(F)ccc3s2)C1=O. The van der Waals surface area contributed by atoms with Crippen LogP contribution in [0.5, 0.6) is 5.75 Å². The lowest BCUT2D eigenvalue weighted by atomic mass is 9.97. The molecule has 0 aliphatic carbocycles. The number of amides is 1. The molecule has 144 valence electrons. The maximum atomic E-state index is 14.1. The van der Waals surface area contributed by atoms with Crippen molar-refractivity contribution in [3.8, 4) is 5.75 Å². The number of benzene rings is 2. The van der Waals surface area contributed by atoms with E-state index in [0.29, 0.717) is 9.72 Å². The zero-order valence-electron chi connectivity index (χ0n) is 14.2. The minimum absolute atomic E-state index is 0.0490. The Morgan fingerprint density at radius 2 is 2.11 bits per heavy atom. The first kappa shape index (κ1) is 18.6. The van der Waals surface area contributed by atoms with E-state index >= 15 is 0 Å². The second-order valence-electron chi connectivity index (χ2n) is 6.36. The molecule has 10 heteroatoms. The number of thiazole rings is 1. The molecule has 1 N–H and O–H groups in total. The molecule has 0 fully saturated rings. The normalized spacial score (nSPS) is 18.9. The molecule has 1 aliphatic heterocycles. The van der Waals surface area contributed by atoms with E-state index in [1.165, 1.54) is 31.2 Å². The Morgan fingerprint density at radius 1 is 1.36 bits per heavy atom. The van der Waals surface area contributed by atoms with Gasteiger partial charge in [0.1, 0.15) is 11.3 Å². The van der Waals surface area contributed by atoms with Crippen LogP contribution in [0, 0.1) is 11.6 Å². The van der Waals surface area contributed by atoms with Crippen LogP contribution in [0.2, 0.25) is 5.02 Å². The van der Waals surface area contributed by atoms with Gasteiger partial charge in [0, 0.05) is 5.02 Å². The molecule has 2 heterocycles. The van der Waals surface area contributed by atoms with Gasteiger partial charge in [-0.25, -0.2) is 18.7 Å². The highest BCUT2D eigenvalue weighted by molar-refractivity contribution is 7.22. The standard InChI is InChI=1S/C18H11ClF2N2O4S/c1-18(7-13(24)25)16(26)23(10-6-8(19)2-4-11(10)27-18)17-22-15-12(28-17)5-3-9(20)14(15)21/h2-6H,7H2,1H3,(H,24,25). The fraction of sp³-hybridized carbons (Fsp3) is 0.167. The third-order valence-electron chi connectivity index (χ3n) is 4.27. The zero-order chi connectivity index (χ0) is 20.2.